The SMILES string of the molecule is CC(=NNC(=O)CSc1nc2ccccc2n1Cc1ccc(C)cc1)c1ccc(Cl)cc1Cl. The maximum atomic E-state index is 12.5. The Bertz CT molecular complexity index is 1330. The Kier molecular flexibility index (Phi) is 7.38. The summed E-state index contributed by atoms with van der Waals surface area (Å²) in [5.74, 6) is -0.0408. The summed E-state index contributed by atoms with van der Waals surface area (Å²) < 4.78 is 2.14. The Hall–Kier alpha value is -2.80. The molecule has 0 radical (unpaired) electrons. The molecule has 1 heterocycles. The van der Waals surface area contributed by atoms with Gasteiger partial charge in [-0.2, -0.15) is 5.10 Å². The predicted molar refractivity (Wildman–Crippen MR) is 138 cm³/mol. The third-order valence-electron chi connectivity index (χ3n) is 5.08. The zero-order chi connectivity index (χ0) is 23.4. The Morgan fingerprint density at radius 2 is 1.85 bits per heavy atom. The van der Waals surface area contributed by atoms with Crippen molar-refractivity contribution in [2.24, 2.45) is 5.10 Å². The Morgan fingerprint density at radius 1 is 1.09 bits per heavy atom. The number of nitrogens with zero attached hydrogens (tertiary/aromatic N) is 3. The van der Waals surface area contributed by atoms with Gasteiger partial charge in [-0.1, -0.05) is 83.0 Å². The maximum absolute atomic E-state index is 12.5. The van der Waals surface area contributed by atoms with Gasteiger partial charge >= 0.3 is 0 Å². The molecule has 0 aliphatic carbocycles. The van der Waals surface area contributed by atoms with Gasteiger partial charge in [0.25, 0.3) is 5.91 Å². The van der Waals surface area contributed by atoms with Gasteiger partial charge < -0.3 is 4.57 Å². The molecule has 1 amide bonds. The minimum Gasteiger partial charge on any atom is -0.314 e. The molecule has 0 unspecified atom stereocenters. The summed E-state index contributed by atoms with van der Waals surface area (Å²) >= 11 is 13.5. The molecule has 33 heavy (non-hydrogen) atoms. The molecule has 1 N–H and O–H groups in total. The summed E-state index contributed by atoms with van der Waals surface area (Å²) in [4.78, 5) is 17.2. The second-order valence-electron chi connectivity index (χ2n) is 7.60. The number of aromatic nitrogens is 2. The van der Waals surface area contributed by atoms with E-state index in [2.05, 4.69) is 46.3 Å². The van der Waals surface area contributed by atoms with E-state index in [9.17, 15) is 4.79 Å². The van der Waals surface area contributed by atoms with Crippen molar-refractivity contribution < 1.29 is 4.79 Å². The van der Waals surface area contributed by atoms with Crippen LogP contribution >= 0.6 is 35.0 Å². The number of hydrogen-bond donors (Lipinski definition) is 1. The smallest absolute Gasteiger partial charge is 0.250 e. The van der Waals surface area contributed by atoms with E-state index in [1.54, 1.807) is 25.1 Å². The van der Waals surface area contributed by atoms with E-state index in [1.165, 1.54) is 22.9 Å². The number of carbonyl (C=O) groups is 1. The van der Waals surface area contributed by atoms with Crippen LogP contribution < -0.4 is 5.43 Å². The van der Waals surface area contributed by atoms with Crippen LogP contribution in [0.25, 0.3) is 11.0 Å². The minimum atomic E-state index is -0.224. The van der Waals surface area contributed by atoms with Crippen LogP contribution in [-0.2, 0) is 11.3 Å². The molecule has 0 aliphatic rings. The average molecular weight is 497 g/mol. The number of fused-ring (bicyclic) bond motifs is 1. The first-order chi connectivity index (χ1) is 15.9. The topological polar surface area (TPSA) is 59.3 Å². The average Bonchev–Trinajstić information content (AvgIpc) is 3.15. The van der Waals surface area contributed by atoms with Crippen molar-refractivity contribution in [3.63, 3.8) is 0 Å². The Labute approximate surface area is 206 Å². The number of amides is 1. The molecule has 4 aromatic rings. The molecule has 0 spiro atoms. The summed E-state index contributed by atoms with van der Waals surface area (Å²) in [6.07, 6.45) is 0. The number of imidazole rings is 1. The Morgan fingerprint density at radius 3 is 2.61 bits per heavy atom. The third kappa shape index (κ3) is 5.77. The lowest BCUT2D eigenvalue weighted by Gasteiger charge is -2.09. The van der Waals surface area contributed by atoms with Gasteiger partial charge in [0.15, 0.2) is 5.16 Å². The fraction of sp³-hybridized carbons (Fsp3) is 0.160. The van der Waals surface area contributed by atoms with Crippen molar-refractivity contribution in [1.29, 1.82) is 0 Å². The number of benzene rings is 3. The normalized spacial score (nSPS) is 11.7. The van der Waals surface area contributed by atoms with Crippen LogP contribution in [0.2, 0.25) is 10.0 Å². The molecule has 1 aromatic heterocycles. The zero-order valence-electron chi connectivity index (χ0n) is 18.2. The minimum absolute atomic E-state index is 0.183. The van der Waals surface area contributed by atoms with Crippen LogP contribution in [0.3, 0.4) is 0 Å². The van der Waals surface area contributed by atoms with Crippen molar-refractivity contribution in [3.05, 3.63) is 93.5 Å². The number of para-hydroxylation sites is 2. The highest BCUT2D eigenvalue weighted by Crippen LogP contribution is 2.25. The highest BCUT2D eigenvalue weighted by atomic mass is 35.5. The highest BCUT2D eigenvalue weighted by Gasteiger charge is 2.14. The molecule has 4 rings (SSSR count). The molecule has 3 aromatic carbocycles. The number of thioether (sulfide) groups is 1. The van der Waals surface area contributed by atoms with Gasteiger partial charge in [-0.25, -0.2) is 10.4 Å². The standard InChI is InChI=1S/C25H22Cl2N4OS/c1-16-7-9-18(10-8-16)14-31-23-6-4-3-5-22(23)28-25(31)33-15-24(32)30-29-17(2)20-12-11-19(26)13-21(20)27/h3-13H,14-15H2,1-2H3,(H,30,32). The fourth-order valence-corrected chi connectivity index (χ4v) is 4.70. The number of halogens is 2. The van der Waals surface area contributed by atoms with E-state index >= 15 is 0 Å². The van der Waals surface area contributed by atoms with Crippen LogP contribution in [0.1, 0.15) is 23.6 Å². The van der Waals surface area contributed by atoms with Gasteiger partial charge in [-0.3, -0.25) is 4.79 Å². The van der Waals surface area contributed by atoms with E-state index in [-0.39, 0.29) is 11.7 Å². The number of nitrogens with one attached hydrogen (secondary N) is 1. The summed E-state index contributed by atoms with van der Waals surface area (Å²) in [5.41, 5.74) is 8.25. The second kappa shape index (κ2) is 10.4. The molecule has 0 atom stereocenters. The first-order valence-corrected chi connectivity index (χ1v) is 12.1. The molecule has 0 fully saturated rings. The van der Waals surface area contributed by atoms with Crippen LogP contribution in [0.15, 0.2) is 77.0 Å². The molecule has 0 bridgehead atoms. The number of hydrazone groups is 1. The molecule has 5 nitrogen and oxygen atoms in total. The van der Waals surface area contributed by atoms with Crippen molar-refractivity contribution in [1.82, 2.24) is 15.0 Å². The first-order valence-electron chi connectivity index (χ1n) is 10.3. The van der Waals surface area contributed by atoms with Gasteiger partial charge in [0.1, 0.15) is 0 Å². The number of rotatable bonds is 7. The lowest BCUT2D eigenvalue weighted by atomic mass is 10.1. The van der Waals surface area contributed by atoms with E-state index in [1.807, 2.05) is 24.3 Å². The van der Waals surface area contributed by atoms with E-state index in [0.29, 0.717) is 27.9 Å². The van der Waals surface area contributed by atoms with Crippen LogP contribution in [0.5, 0.6) is 0 Å². The maximum Gasteiger partial charge on any atom is 0.250 e. The van der Waals surface area contributed by atoms with E-state index in [4.69, 9.17) is 28.2 Å². The monoisotopic (exact) mass is 496 g/mol. The van der Waals surface area contributed by atoms with Crippen LogP contribution in [0, 0.1) is 6.92 Å². The summed E-state index contributed by atoms with van der Waals surface area (Å²) in [7, 11) is 0. The van der Waals surface area contributed by atoms with Crippen LogP contribution in [0.4, 0.5) is 0 Å². The van der Waals surface area contributed by atoms with Crippen molar-refractivity contribution in [2.45, 2.75) is 25.5 Å². The molecule has 0 aliphatic heterocycles. The lowest BCUT2D eigenvalue weighted by Crippen LogP contribution is -2.21. The molecule has 0 saturated heterocycles. The van der Waals surface area contributed by atoms with E-state index in [0.717, 1.165) is 16.2 Å². The molecule has 0 saturated carbocycles. The number of carbonyl (C=O) groups excluding carboxylic acids is 1. The van der Waals surface area contributed by atoms with Crippen LogP contribution in [-0.4, -0.2) is 26.9 Å². The lowest BCUT2D eigenvalue weighted by molar-refractivity contribution is -0.118. The van der Waals surface area contributed by atoms with Gasteiger partial charge in [-0.15, -0.1) is 0 Å². The summed E-state index contributed by atoms with van der Waals surface area (Å²) in [6, 6.07) is 21.6. The molecular formula is C25H22Cl2N4OS. The predicted octanol–water partition coefficient (Wildman–Crippen LogP) is 6.33. The fourth-order valence-electron chi connectivity index (χ4n) is 3.34. The number of aryl methyl sites for hydroxylation is 1. The molecule has 8 heteroatoms. The summed E-state index contributed by atoms with van der Waals surface area (Å²) in [6.45, 7) is 4.53. The van der Waals surface area contributed by atoms with Gasteiger partial charge in [0.2, 0.25) is 0 Å². The van der Waals surface area contributed by atoms with Crippen molar-refractivity contribution in [3.8, 4) is 0 Å². The van der Waals surface area contributed by atoms with Gasteiger partial charge in [0.05, 0.1) is 34.1 Å². The zero-order valence-corrected chi connectivity index (χ0v) is 20.5. The highest BCUT2D eigenvalue weighted by molar-refractivity contribution is 7.99. The first kappa shape index (κ1) is 23.4. The van der Waals surface area contributed by atoms with Gasteiger partial charge in [-0.05, 0) is 43.7 Å². The van der Waals surface area contributed by atoms with Crippen molar-refractivity contribution in [2.75, 3.05) is 5.75 Å². The van der Waals surface area contributed by atoms with Crippen molar-refractivity contribution >= 4 is 57.6 Å². The molecule has 168 valence electrons. The summed E-state index contributed by atoms with van der Waals surface area (Å²) in [5, 5.41) is 6.00. The molecular weight excluding hydrogens is 475 g/mol. The van der Waals surface area contributed by atoms with Gasteiger partial charge in [0, 0.05) is 10.6 Å². The Balaban J connectivity index is 1.47. The quantitative estimate of drug-likeness (QED) is 0.184. The number of hydrogen-bond acceptors (Lipinski definition) is 4. The third-order valence-corrected chi connectivity index (χ3v) is 6.61. The second-order valence-corrected chi connectivity index (χ2v) is 9.39. The van der Waals surface area contributed by atoms with E-state index < -0.39 is 0 Å². The largest absolute Gasteiger partial charge is 0.314 e.